The van der Waals surface area contributed by atoms with Crippen molar-refractivity contribution in [2.24, 2.45) is 17.3 Å². The zero-order valence-electron chi connectivity index (χ0n) is 17.2. The molecule has 154 valence electrons. The molecule has 3 atom stereocenters. The summed E-state index contributed by atoms with van der Waals surface area (Å²) < 4.78 is 1.97. The molecule has 4 bridgehead atoms. The summed E-state index contributed by atoms with van der Waals surface area (Å²) in [6.07, 6.45) is 9.05. The van der Waals surface area contributed by atoms with Crippen molar-refractivity contribution in [3.63, 3.8) is 0 Å². The molecule has 4 saturated carbocycles. The van der Waals surface area contributed by atoms with E-state index in [4.69, 9.17) is 11.6 Å². The van der Waals surface area contributed by atoms with Crippen molar-refractivity contribution in [3.05, 3.63) is 41.4 Å². The summed E-state index contributed by atoms with van der Waals surface area (Å²) in [7, 11) is 0. The van der Waals surface area contributed by atoms with Crippen molar-refractivity contribution in [1.82, 2.24) is 14.8 Å². The molecule has 1 N–H and O–H groups in total. The van der Waals surface area contributed by atoms with Crippen LogP contribution in [-0.2, 0) is 10.3 Å². The van der Waals surface area contributed by atoms with Crippen LogP contribution >= 0.6 is 11.6 Å². The molecule has 4 aliphatic rings. The molecule has 0 aliphatic heterocycles. The number of carbonyl (C=O) groups is 1. The number of hydrogen-bond donors (Lipinski definition) is 1. The van der Waals surface area contributed by atoms with Crippen LogP contribution in [0.2, 0.25) is 5.28 Å². The van der Waals surface area contributed by atoms with E-state index in [9.17, 15) is 4.79 Å². The molecule has 2 aromatic rings. The molecule has 6 heteroatoms. The van der Waals surface area contributed by atoms with E-state index in [0.29, 0.717) is 23.0 Å². The number of benzene rings is 1. The number of anilines is 1. The Balaban J connectivity index is 1.46. The summed E-state index contributed by atoms with van der Waals surface area (Å²) in [6.45, 7) is 4.41. The van der Waals surface area contributed by atoms with Gasteiger partial charge in [-0.1, -0.05) is 32.0 Å². The number of hydrogen-bond acceptors (Lipinski definition) is 3. The van der Waals surface area contributed by atoms with Gasteiger partial charge in [-0.05, 0) is 85.9 Å². The molecule has 5 nitrogen and oxygen atoms in total. The van der Waals surface area contributed by atoms with Gasteiger partial charge in [0, 0.05) is 5.69 Å². The average molecular weight is 413 g/mol. The molecule has 1 amide bonds. The Hall–Kier alpha value is -1.88. The predicted molar refractivity (Wildman–Crippen MR) is 114 cm³/mol. The topological polar surface area (TPSA) is 59.8 Å². The van der Waals surface area contributed by atoms with Gasteiger partial charge in [-0.3, -0.25) is 4.79 Å². The first-order valence-corrected chi connectivity index (χ1v) is 11.3. The van der Waals surface area contributed by atoms with Gasteiger partial charge in [-0.25, -0.2) is 9.67 Å². The third-order valence-corrected chi connectivity index (χ3v) is 7.99. The van der Waals surface area contributed by atoms with E-state index in [2.05, 4.69) is 41.4 Å². The van der Waals surface area contributed by atoms with Crippen LogP contribution in [-0.4, -0.2) is 20.7 Å². The number of rotatable bonds is 5. The standard InChI is InChI=1S/C23H29ClN4O/c1-3-15(2)18-6-4-5-7-19(18)26-20(29)22-9-16-8-17(10-22)12-23(11-16,13-22)28-14-25-21(24)27-28/h4-7,14-17H,3,8-13H2,1-2H3,(H,26,29)/t15-,16+,17+,22?,23?/m1/s1. The van der Waals surface area contributed by atoms with Gasteiger partial charge in [0.2, 0.25) is 11.2 Å². The van der Waals surface area contributed by atoms with Crippen LogP contribution in [0.1, 0.15) is 70.3 Å². The monoisotopic (exact) mass is 412 g/mol. The first-order valence-electron chi connectivity index (χ1n) is 10.9. The van der Waals surface area contributed by atoms with Crippen molar-refractivity contribution >= 4 is 23.2 Å². The first kappa shape index (κ1) is 19.1. The molecule has 1 heterocycles. The zero-order valence-corrected chi connectivity index (χ0v) is 18.0. The lowest BCUT2D eigenvalue weighted by atomic mass is 9.46. The minimum atomic E-state index is -0.314. The number of para-hydroxylation sites is 1. The highest BCUT2D eigenvalue weighted by Crippen LogP contribution is 2.64. The number of nitrogens with one attached hydrogen (secondary N) is 1. The molecular formula is C23H29ClN4O. The Morgan fingerprint density at radius 3 is 2.66 bits per heavy atom. The first-order chi connectivity index (χ1) is 13.9. The lowest BCUT2D eigenvalue weighted by molar-refractivity contribution is -0.150. The number of halogens is 1. The van der Waals surface area contributed by atoms with E-state index in [1.807, 2.05) is 16.8 Å². The van der Waals surface area contributed by atoms with Gasteiger partial charge in [0.1, 0.15) is 6.33 Å². The van der Waals surface area contributed by atoms with Crippen LogP contribution in [0.4, 0.5) is 5.69 Å². The largest absolute Gasteiger partial charge is 0.325 e. The van der Waals surface area contributed by atoms with Gasteiger partial charge in [0.05, 0.1) is 11.0 Å². The van der Waals surface area contributed by atoms with Gasteiger partial charge in [0.25, 0.3) is 0 Å². The fourth-order valence-electron chi connectivity index (χ4n) is 6.73. The molecule has 0 unspecified atom stereocenters. The van der Waals surface area contributed by atoms with Crippen LogP contribution in [0, 0.1) is 17.3 Å². The van der Waals surface area contributed by atoms with Crippen LogP contribution in [0.25, 0.3) is 0 Å². The summed E-state index contributed by atoms with van der Waals surface area (Å²) in [5.74, 6) is 1.77. The summed E-state index contributed by atoms with van der Waals surface area (Å²) in [6, 6.07) is 8.26. The van der Waals surface area contributed by atoms with E-state index in [1.54, 1.807) is 6.33 Å². The Morgan fingerprint density at radius 1 is 1.28 bits per heavy atom. The highest BCUT2D eigenvalue weighted by atomic mass is 35.5. The van der Waals surface area contributed by atoms with Crippen LogP contribution in [0.15, 0.2) is 30.6 Å². The number of amides is 1. The van der Waals surface area contributed by atoms with Crippen molar-refractivity contribution in [1.29, 1.82) is 0 Å². The Labute approximate surface area is 177 Å². The smallest absolute Gasteiger partial charge is 0.242 e. The third-order valence-electron chi connectivity index (χ3n) is 7.81. The SMILES string of the molecule is CC[C@@H](C)c1ccccc1NC(=O)C12C[C@@H]3C[C@@H](C1)CC(n1cnc(Cl)n1)(C3)C2. The summed E-state index contributed by atoms with van der Waals surface area (Å²) in [5.41, 5.74) is 1.77. The number of carbonyl (C=O) groups excluding carboxylic acids is 1. The van der Waals surface area contributed by atoms with E-state index >= 15 is 0 Å². The molecule has 4 aliphatic carbocycles. The van der Waals surface area contributed by atoms with Crippen molar-refractivity contribution in [3.8, 4) is 0 Å². The number of nitrogens with zero attached hydrogens (tertiary/aromatic N) is 3. The predicted octanol–water partition coefficient (Wildman–Crippen LogP) is 5.38. The van der Waals surface area contributed by atoms with Gasteiger partial charge in [-0.2, -0.15) is 0 Å². The van der Waals surface area contributed by atoms with E-state index in [-0.39, 0.29) is 16.9 Å². The van der Waals surface area contributed by atoms with Gasteiger partial charge >= 0.3 is 0 Å². The van der Waals surface area contributed by atoms with Crippen molar-refractivity contribution in [2.45, 2.75) is 70.3 Å². The maximum absolute atomic E-state index is 13.7. The minimum absolute atomic E-state index is 0.113. The summed E-state index contributed by atoms with van der Waals surface area (Å²) in [4.78, 5) is 17.9. The van der Waals surface area contributed by atoms with E-state index in [0.717, 1.165) is 44.2 Å². The van der Waals surface area contributed by atoms with Crippen molar-refractivity contribution < 1.29 is 4.79 Å². The maximum Gasteiger partial charge on any atom is 0.242 e. The summed E-state index contributed by atoms with van der Waals surface area (Å²) >= 11 is 6.04. The lowest BCUT2D eigenvalue weighted by Crippen LogP contribution is -2.60. The molecule has 29 heavy (non-hydrogen) atoms. The van der Waals surface area contributed by atoms with Crippen molar-refractivity contribution in [2.75, 3.05) is 5.32 Å². The second kappa shape index (κ2) is 6.83. The molecular weight excluding hydrogens is 384 g/mol. The Kier molecular flexibility index (Phi) is 4.50. The quantitative estimate of drug-likeness (QED) is 0.717. The van der Waals surface area contributed by atoms with E-state index < -0.39 is 0 Å². The zero-order chi connectivity index (χ0) is 20.2. The average Bonchev–Trinajstić information content (AvgIpc) is 3.14. The Morgan fingerprint density at radius 2 is 2.00 bits per heavy atom. The second-order valence-corrected chi connectivity index (χ2v) is 10.1. The minimum Gasteiger partial charge on any atom is -0.325 e. The lowest BCUT2D eigenvalue weighted by Gasteiger charge is -2.60. The molecule has 0 saturated heterocycles. The molecule has 0 radical (unpaired) electrons. The van der Waals surface area contributed by atoms with Crippen LogP contribution in [0.5, 0.6) is 0 Å². The molecule has 4 fully saturated rings. The molecule has 0 spiro atoms. The van der Waals surface area contributed by atoms with Gasteiger partial charge < -0.3 is 5.32 Å². The fourth-order valence-corrected chi connectivity index (χ4v) is 6.86. The normalized spacial score (nSPS) is 33.6. The highest BCUT2D eigenvalue weighted by molar-refractivity contribution is 6.28. The maximum atomic E-state index is 13.7. The highest BCUT2D eigenvalue weighted by Gasteiger charge is 2.61. The molecule has 1 aromatic heterocycles. The molecule has 6 rings (SSSR count). The van der Waals surface area contributed by atoms with Gasteiger partial charge in [-0.15, -0.1) is 5.10 Å². The summed E-state index contributed by atoms with van der Waals surface area (Å²) in [5, 5.41) is 8.10. The fraction of sp³-hybridized carbons (Fsp3) is 0.609. The van der Waals surface area contributed by atoms with Gasteiger partial charge in [0.15, 0.2) is 0 Å². The van der Waals surface area contributed by atoms with Crippen LogP contribution in [0.3, 0.4) is 0 Å². The second-order valence-electron chi connectivity index (χ2n) is 9.77. The van der Waals surface area contributed by atoms with Crippen LogP contribution < -0.4 is 5.32 Å². The Bertz CT molecular complexity index is 924. The van der Waals surface area contributed by atoms with E-state index in [1.165, 1.54) is 12.0 Å². The third kappa shape index (κ3) is 3.09. The number of aromatic nitrogens is 3. The molecule has 1 aromatic carbocycles.